The maximum atomic E-state index is 12.5. The van der Waals surface area contributed by atoms with Gasteiger partial charge in [0.25, 0.3) is 0 Å². The average molecular weight is 632 g/mol. The van der Waals surface area contributed by atoms with Crippen LogP contribution in [-0.4, -0.2) is 53.9 Å². The van der Waals surface area contributed by atoms with Crippen LogP contribution in [0.4, 0.5) is 0 Å². The van der Waals surface area contributed by atoms with Crippen LogP contribution in [0.25, 0.3) is 0 Å². The van der Waals surface area contributed by atoms with E-state index in [-0.39, 0.29) is 6.42 Å². The Morgan fingerprint density at radius 2 is 1.12 bits per heavy atom. The third-order valence-electron chi connectivity index (χ3n) is 7.74. The van der Waals surface area contributed by atoms with Gasteiger partial charge in [-0.2, -0.15) is 8.42 Å². The van der Waals surface area contributed by atoms with Crippen molar-refractivity contribution in [3.63, 3.8) is 0 Å². The number of rotatable bonds is 31. The van der Waals surface area contributed by atoms with Crippen LogP contribution in [0.2, 0.25) is 0 Å². The molecule has 9 heteroatoms. The molecule has 0 aliphatic rings. The molecule has 0 aromatic heterocycles. The van der Waals surface area contributed by atoms with Crippen molar-refractivity contribution in [2.45, 2.75) is 180 Å². The van der Waals surface area contributed by atoms with E-state index in [1.807, 2.05) is 0 Å². The smallest absolute Gasteiger partial charge is 0.387 e. The number of hydrogen-bond donors (Lipinski definition) is 4. The second-order valence-electron chi connectivity index (χ2n) is 11.9. The molecule has 0 aliphatic heterocycles. The van der Waals surface area contributed by atoms with E-state index in [0.29, 0.717) is 12.8 Å². The van der Waals surface area contributed by atoms with E-state index < -0.39 is 41.2 Å². The van der Waals surface area contributed by atoms with Crippen LogP contribution >= 0.6 is 0 Å². The number of aliphatic hydroxyl groups excluding tert-OH is 2. The quantitative estimate of drug-likeness (QED) is 0.0345. The molecule has 0 spiro atoms. The first-order valence-corrected chi connectivity index (χ1v) is 18.7. The molecule has 0 bridgehead atoms. The molecule has 254 valence electrons. The van der Waals surface area contributed by atoms with Crippen LogP contribution in [-0.2, 0) is 19.4 Å². The Bertz CT molecular complexity index is 801. The molecule has 1 amide bonds. The zero-order chi connectivity index (χ0) is 32.0. The van der Waals surface area contributed by atoms with Crippen LogP contribution in [0, 0.1) is 0 Å². The third kappa shape index (κ3) is 29.2. The summed E-state index contributed by atoms with van der Waals surface area (Å²) in [5, 5.41) is 23.3. The highest BCUT2D eigenvalue weighted by atomic mass is 32.3. The van der Waals surface area contributed by atoms with Gasteiger partial charge < -0.3 is 15.5 Å². The van der Waals surface area contributed by atoms with Gasteiger partial charge in [0.1, 0.15) is 6.10 Å². The molecule has 0 saturated carbocycles. The number of aliphatic hydroxyl groups is 2. The molecule has 3 atom stereocenters. The fourth-order valence-corrected chi connectivity index (χ4v) is 5.31. The number of hydrogen-bond acceptors (Lipinski definition) is 6. The number of unbranched alkanes of at least 4 members (excludes halogenated alkanes) is 19. The Labute approximate surface area is 264 Å². The van der Waals surface area contributed by atoms with E-state index in [1.54, 1.807) is 6.08 Å². The lowest BCUT2D eigenvalue weighted by atomic mass is 10.0. The summed E-state index contributed by atoms with van der Waals surface area (Å²) in [6.07, 6.45) is 31.0. The largest absolute Gasteiger partial charge is 0.397 e. The molecular formula is C34H65NO7S. The lowest BCUT2D eigenvalue weighted by Gasteiger charge is -2.23. The van der Waals surface area contributed by atoms with Crippen LogP contribution in [0.5, 0.6) is 0 Å². The molecule has 0 fully saturated rings. The van der Waals surface area contributed by atoms with Crippen molar-refractivity contribution < 1.29 is 32.2 Å². The zero-order valence-corrected chi connectivity index (χ0v) is 28.2. The summed E-state index contributed by atoms with van der Waals surface area (Å²) in [4.78, 5) is 12.5. The molecule has 43 heavy (non-hydrogen) atoms. The lowest BCUT2D eigenvalue weighted by molar-refractivity contribution is -0.131. The van der Waals surface area contributed by atoms with Crippen molar-refractivity contribution in [3.05, 3.63) is 24.3 Å². The Morgan fingerprint density at radius 3 is 1.63 bits per heavy atom. The molecule has 0 aliphatic carbocycles. The monoisotopic (exact) mass is 631 g/mol. The van der Waals surface area contributed by atoms with E-state index in [0.717, 1.165) is 32.1 Å². The minimum atomic E-state index is -4.75. The number of nitrogens with one attached hydrogen (secondary N) is 1. The van der Waals surface area contributed by atoms with Crippen molar-refractivity contribution in [1.82, 2.24) is 5.32 Å². The number of carbonyl (C=O) groups excluding carboxylic acids is 1. The van der Waals surface area contributed by atoms with Gasteiger partial charge >= 0.3 is 10.4 Å². The maximum absolute atomic E-state index is 12.5. The highest BCUT2D eigenvalue weighted by molar-refractivity contribution is 7.80. The Hall–Kier alpha value is -1.26. The molecule has 0 radical (unpaired) electrons. The van der Waals surface area contributed by atoms with E-state index in [4.69, 9.17) is 4.55 Å². The summed E-state index contributed by atoms with van der Waals surface area (Å²) in [7, 11) is -4.75. The summed E-state index contributed by atoms with van der Waals surface area (Å²) >= 11 is 0. The first-order chi connectivity index (χ1) is 20.7. The molecule has 0 heterocycles. The van der Waals surface area contributed by atoms with Gasteiger partial charge in [-0.3, -0.25) is 9.35 Å². The summed E-state index contributed by atoms with van der Waals surface area (Å²) in [5.74, 6) is -0.701. The van der Waals surface area contributed by atoms with Gasteiger partial charge in [-0.1, -0.05) is 154 Å². The summed E-state index contributed by atoms with van der Waals surface area (Å²) in [6, 6.07) is -1.14. The Morgan fingerprint density at radius 1 is 0.674 bits per heavy atom. The minimum absolute atomic E-state index is 0.284. The fourth-order valence-electron chi connectivity index (χ4n) is 4.99. The molecule has 0 unspecified atom stereocenters. The maximum Gasteiger partial charge on any atom is 0.397 e. The third-order valence-corrected chi connectivity index (χ3v) is 8.18. The second-order valence-corrected chi connectivity index (χ2v) is 13.0. The van der Waals surface area contributed by atoms with Crippen molar-refractivity contribution in [1.29, 1.82) is 0 Å². The molecule has 4 N–H and O–H groups in total. The van der Waals surface area contributed by atoms with Crippen molar-refractivity contribution in [3.8, 4) is 0 Å². The van der Waals surface area contributed by atoms with Gasteiger partial charge in [-0.25, -0.2) is 4.18 Å². The topological polar surface area (TPSA) is 133 Å². The minimum Gasteiger partial charge on any atom is -0.387 e. The zero-order valence-electron chi connectivity index (χ0n) is 27.4. The first-order valence-electron chi connectivity index (χ1n) is 17.3. The Kier molecular flexibility index (Phi) is 28.6. The molecule has 0 saturated heterocycles. The first kappa shape index (κ1) is 41.7. The SMILES string of the molecule is CCCCCCCCC/C=C/CC/C=C/[C@@H](O)[C@H](COS(=O)(=O)O)NC(=O)[C@H](O)CCCCCCCCCCCCCC. The predicted octanol–water partition coefficient (Wildman–Crippen LogP) is 8.14. The average Bonchev–Trinajstić information content (AvgIpc) is 2.97. The van der Waals surface area contributed by atoms with Crippen LogP contribution in [0.15, 0.2) is 24.3 Å². The fraction of sp³-hybridized carbons (Fsp3) is 0.853. The summed E-state index contributed by atoms with van der Waals surface area (Å²) < 4.78 is 35.5. The number of allylic oxidation sites excluding steroid dienone is 3. The van der Waals surface area contributed by atoms with Crippen LogP contribution in [0.1, 0.15) is 162 Å². The van der Waals surface area contributed by atoms with Gasteiger partial charge in [-0.05, 0) is 32.1 Å². The summed E-state index contributed by atoms with van der Waals surface area (Å²) in [6.45, 7) is 3.80. The van der Waals surface area contributed by atoms with E-state index in [2.05, 4.69) is 35.5 Å². The number of amides is 1. The highest BCUT2D eigenvalue weighted by Crippen LogP contribution is 2.14. The van der Waals surface area contributed by atoms with E-state index >= 15 is 0 Å². The Balaban J connectivity index is 4.30. The van der Waals surface area contributed by atoms with E-state index in [1.165, 1.54) is 102 Å². The van der Waals surface area contributed by atoms with Gasteiger partial charge in [0.05, 0.1) is 18.8 Å². The lowest BCUT2D eigenvalue weighted by Crippen LogP contribution is -2.49. The molecular weight excluding hydrogens is 566 g/mol. The second kappa shape index (κ2) is 29.5. The van der Waals surface area contributed by atoms with Crippen molar-refractivity contribution >= 4 is 16.3 Å². The standard InChI is InChI=1S/C34H65NO7S/c1-3-5-7-9-11-13-15-17-19-20-22-24-26-28-32(36)31(30-42-43(39,40)41)35-34(38)33(37)29-27-25-23-21-18-16-14-12-10-8-6-4-2/h19-20,26,28,31-33,36-37H,3-18,21-25,27,29-30H2,1-2H3,(H,35,38)(H,39,40,41)/b20-19+,28-26+/t31-,32+,33+/m0/s1. The van der Waals surface area contributed by atoms with Gasteiger partial charge in [-0.15, -0.1) is 0 Å². The van der Waals surface area contributed by atoms with Crippen molar-refractivity contribution in [2.24, 2.45) is 0 Å². The van der Waals surface area contributed by atoms with Crippen LogP contribution in [0.3, 0.4) is 0 Å². The molecule has 8 nitrogen and oxygen atoms in total. The normalized spacial score (nSPS) is 14.4. The summed E-state index contributed by atoms with van der Waals surface area (Å²) in [5.41, 5.74) is 0. The molecule has 0 aromatic carbocycles. The van der Waals surface area contributed by atoms with Gasteiger partial charge in [0.15, 0.2) is 0 Å². The van der Waals surface area contributed by atoms with Crippen LogP contribution < -0.4 is 5.32 Å². The molecule has 0 rings (SSSR count). The molecule has 0 aromatic rings. The van der Waals surface area contributed by atoms with E-state index in [9.17, 15) is 23.4 Å². The predicted molar refractivity (Wildman–Crippen MR) is 177 cm³/mol. The highest BCUT2D eigenvalue weighted by Gasteiger charge is 2.25. The number of carbonyl (C=O) groups is 1. The van der Waals surface area contributed by atoms with Crippen molar-refractivity contribution in [2.75, 3.05) is 6.61 Å². The van der Waals surface area contributed by atoms with Gasteiger partial charge in [0.2, 0.25) is 5.91 Å². The van der Waals surface area contributed by atoms with Gasteiger partial charge in [0, 0.05) is 0 Å².